The van der Waals surface area contributed by atoms with Crippen molar-refractivity contribution in [2.24, 2.45) is 0 Å². The van der Waals surface area contributed by atoms with Crippen LogP contribution in [-0.4, -0.2) is 34.9 Å². The molecule has 0 spiro atoms. The lowest BCUT2D eigenvalue weighted by Crippen LogP contribution is -2.40. The van der Waals surface area contributed by atoms with Gasteiger partial charge in [0, 0.05) is 5.69 Å². The Hall–Kier alpha value is -3.10. The highest BCUT2D eigenvalue weighted by atomic mass is 19.4. The van der Waals surface area contributed by atoms with Crippen molar-refractivity contribution >= 4 is 17.9 Å². The summed E-state index contributed by atoms with van der Waals surface area (Å²) in [5.41, 5.74) is 0.467. The molecule has 1 amide bonds. The van der Waals surface area contributed by atoms with Crippen molar-refractivity contribution < 1.29 is 32.6 Å². The van der Waals surface area contributed by atoms with Gasteiger partial charge in [-0.3, -0.25) is 4.90 Å². The van der Waals surface area contributed by atoms with Crippen molar-refractivity contribution in [2.45, 2.75) is 19.7 Å². The number of anilines is 1. The maximum Gasteiger partial charge on any atom is 0.416 e. The molecule has 0 unspecified atom stereocenters. The summed E-state index contributed by atoms with van der Waals surface area (Å²) >= 11 is 0. The normalized spacial score (nSPS) is 11.1. The van der Waals surface area contributed by atoms with Gasteiger partial charge in [0.15, 0.2) is 0 Å². The van der Waals surface area contributed by atoms with Crippen molar-refractivity contribution in [2.75, 3.05) is 11.4 Å². The molecule has 0 saturated carbocycles. The number of benzene rings is 1. The molecule has 0 atom stereocenters. The summed E-state index contributed by atoms with van der Waals surface area (Å²) in [6, 6.07) is 10.5. The van der Waals surface area contributed by atoms with Crippen LogP contribution in [0.4, 0.5) is 23.8 Å². The Morgan fingerprint density at radius 1 is 1.19 bits per heavy atom. The number of hydrogen-bond donors (Lipinski definition) is 1. The van der Waals surface area contributed by atoms with Gasteiger partial charge in [-0.05, 0) is 24.6 Å². The Morgan fingerprint density at radius 3 is 2.42 bits per heavy atom. The third kappa shape index (κ3) is 5.47. The fourth-order valence-electron chi connectivity index (χ4n) is 2.13. The second kappa shape index (κ2) is 7.85. The standard InChI is InChI=1S/C17H15F3N2O4/c1-11-7-13(15(23)24)8-14(21-11)22(10-17(18,19)20)16(25)26-9-12-5-3-2-4-6-12/h2-8H,9-10H2,1H3,(H,23,24). The summed E-state index contributed by atoms with van der Waals surface area (Å²) < 4.78 is 43.6. The van der Waals surface area contributed by atoms with Crippen LogP contribution in [0.5, 0.6) is 0 Å². The molecule has 0 aliphatic rings. The van der Waals surface area contributed by atoms with E-state index in [0.717, 1.165) is 6.07 Å². The van der Waals surface area contributed by atoms with Crippen molar-refractivity contribution in [3.8, 4) is 0 Å². The average Bonchev–Trinajstić information content (AvgIpc) is 2.57. The van der Waals surface area contributed by atoms with Crippen molar-refractivity contribution in [1.29, 1.82) is 0 Å². The zero-order valence-corrected chi connectivity index (χ0v) is 13.7. The highest BCUT2D eigenvalue weighted by Gasteiger charge is 2.35. The minimum absolute atomic E-state index is 0.155. The Kier molecular flexibility index (Phi) is 5.81. The van der Waals surface area contributed by atoms with Crippen LogP contribution < -0.4 is 4.90 Å². The molecule has 0 aliphatic carbocycles. The van der Waals surface area contributed by atoms with Gasteiger partial charge in [-0.1, -0.05) is 30.3 Å². The first-order chi connectivity index (χ1) is 12.2. The molecule has 138 valence electrons. The smallest absolute Gasteiger partial charge is 0.416 e. The van der Waals surface area contributed by atoms with Gasteiger partial charge in [-0.25, -0.2) is 14.6 Å². The molecule has 1 N–H and O–H groups in total. The largest absolute Gasteiger partial charge is 0.478 e. The van der Waals surface area contributed by atoms with E-state index < -0.39 is 30.6 Å². The number of aromatic carboxylic acids is 1. The Morgan fingerprint density at radius 2 is 1.85 bits per heavy atom. The monoisotopic (exact) mass is 368 g/mol. The predicted molar refractivity (Wildman–Crippen MR) is 86.0 cm³/mol. The zero-order chi connectivity index (χ0) is 19.3. The van der Waals surface area contributed by atoms with Crippen LogP contribution in [0.2, 0.25) is 0 Å². The number of carboxylic acid groups (broad SMARTS) is 1. The number of ether oxygens (including phenoxy) is 1. The molecule has 2 rings (SSSR count). The lowest BCUT2D eigenvalue weighted by atomic mass is 10.2. The molecule has 1 aromatic carbocycles. The van der Waals surface area contributed by atoms with Crippen LogP contribution in [0, 0.1) is 6.92 Å². The van der Waals surface area contributed by atoms with Gasteiger partial charge in [0.25, 0.3) is 0 Å². The maximum absolute atomic E-state index is 12.9. The number of rotatable bonds is 5. The molecular weight excluding hydrogens is 353 g/mol. The number of pyridine rings is 1. The number of carbonyl (C=O) groups is 2. The van der Waals surface area contributed by atoms with Crippen LogP contribution in [-0.2, 0) is 11.3 Å². The van der Waals surface area contributed by atoms with Gasteiger partial charge in [0.1, 0.15) is 19.0 Å². The van der Waals surface area contributed by atoms with Gasteiger partial charge >= 0.3 is 18.2 Å². The number of aromatic nitrogens is 1. The molecule has 6 nitrogen and oxygen atoms in total. The molecule has 0 saturated heterocycles. The minimum atomic E-state index is -4.72. The quantitative estimate of drug-likeness (QED) is 0.869. The summed E-state index contributed by atoms with van der Waals surface area (Å²) in [6.07, 6.45) is -6.00. The average molecular weight is 368 g/mol. The molecule has 1 aromatic heterocycles. The van der Waals surface area contributed by atoms with Crippen LogP contribution >= 0.6 is 0 Å². The predicted octanol–water partition coefficient (Wildman–Crippen LogP) is 3.79. The number of alkyl halides is 3. The van der Waals surface area contributed by atoms with E-state index in [9.17, 15) is 22.8 Å². The number of carbonyl (C=O) groups excluding carboxylic acids is 1. The number of carboxylic acids is 1. The Bertz CT molecular complexity index is 794. The molecule has 2 aromatic rings. The molecule has 9 heteroatoms. The van der Waals surface area contributed by atoms with Crippen LogP contribution in [0.1, 0.15) is 21.6 Å². The zero-order valence-electron chi connectivity index (χ0n) is 13.7. The number of halogens is 3. The third-order valence-corrected chi connectivity index (χ3v) is 3.23. The fraction of sp³-hybridized carbons (Fsp3) is 0.235. The van der Waals surface area contributed by atoms with E-state index in [0.29, 0.717) is 5.56 Å². The van der Waals surface area contributed by atoms with Crippen LogP contribution in [0.25, 0.3) is 0 Å². The molecule has 0 fully saturated rings. The molecular formula is C17H15F3N2O4. The summed E-state index contributed by atoms with van der Waals surface area (Å²) in [7, 11) is 0. The molecule has 1 heterocycles. The second-order valence-electron chi connectivity index (χ2n) is 5.40. The van der Waals surface area contributed by atoms with Gasteiger partial charge < -0.3 is 9.84 Å². The van der Waals surface area contributed by atoms with Gasteiger partial charge in [0.2, 0.25) is 0 Å². The third-order valence-electron chi connectivity index (χ3n) is 3.23. The summed E-state index contributed by atoms with van der Waals surface area (Å²) in [5.74, 6) is -1.79. The van der Waals surface area contributed by atoms with Gasteiger partial charge in [0.05, 0.1) is 5.56 Å². The Labute approximate surface area is 146 Å². The van der Waals surface area contributed by atoms with Crippen molar-refractivity contribution in [3.05, 3.63) is 59.3 Å². The first-order valence-corrected chi connectivity index (χ1v) is 7.42. The second-order valence-corrected chi connectivity index (χ2v) is 5.40. The summed E-state index contributed by atoms with van der Waals surface area (Å²) in [5, 5.41) is 9.05. The summed E-state index contributed by atoms with van der Waals surface area (Å²) in [6.45, 7) is -0.473. The molecule has 0 aliphatic heterocycles. The minimum Gasteiger partial charge on any atom is -0.478 e. The summed E-state index contributed by atoms with van der Waals surface area (Å²) in [4.78, 5) is 27.4. The van der Waals surface area contributed by atoms with E-state index in [4.69, 9.17) is 9.84 Å². The molecule has 0 bridgehead atoms. The first-order valence-electron chi connectivity index (χ1n) is 7.42. The number of aryl methyl sites for hydroxylation is 1. The maximum atomic E-state index is 12.9. The molecule has 26 heavy (non-hydrogen) atoms. The van der Waals surface area contributed by atoms with E-state index >= 15 is 0 Å². The van der Waals surface area contributed by atoms with Crippen LogP contribution in [0.15, 0.2) is 42.5 Å². The number of amides is 1. The van der Waals surface area contributed by atoms with Crippen LogP contribution in [0.3, 0.4) is 0 Å². The molecule has 0 radical (unpaired) electrons. The fourth-order valence-corrected chi connectivity index (χ4v) is 2.13. The van der Waals surface area contributed by atoms with E-state index in [1.165, 1.54) is 13.0 Å². The highest BCUT2D eigenvalue weighted by Crippen LogP contribution is 2.23. The lowest BCUT2D eigenvalue weighted by molar-refractivity contribution is -0.119. The highest BCUT2D eigenvalue weighted by molar-refractivity contribution is 5.91. The van der Waals surface area contributed by atoms with E-state index in [1.54, 1.807) is 30.3 Å². The van der Waals surface area contributed by atoms with Crippen molar-refractivity contribution in [1.82, 2.24) is 4.98 Å². The van der Waals surface area contributed by atoms with E-state index in [2.05, 4.69) is 4.98 Å². The van der Waals surface area contributed by atoms with E-state index in [-0.39, 0.29) is 22.8 Å². The van der Waals surface area contributed by atoms with Crippen molar-refractivity contribution in [3.63, 3.8) is 0 Å². The van der Waals surface area contributed by atoms with Gasteiger partial charge in [-0.2, -0.15) is 13.2 Å². The SMILES string of the molecule is Cc1cc(C(=O)O)cc(N(CC(F)(F)F)C(=O)OCc2ccccc2)n1. The first kappa shape index (κ1) is 19.2. The topological polar surface area (TPSA) is 79.7 Å². The lowest BCUT2D eigenvalue weighted by Gasteiger charge is -2.23. The number of hydrogen-bond acceptors (Lipinski definition) is 4. The van der Waals surface area contributed by atoms with Gasteiger partial charge in [-0.15, -0.1) is 0 Å². The number of nitrogens with zero attached hydrogens (tertiary/aromatic N) is 2. The Balaban J connectivity index is 2.28. The van der Waals surface area contributed by atoms with E-state index in [1.807, 2.05) is 0 Å².